The highest BCUT2D eigenvalue weighted by Gasteiger charge is 2.09. The summed E-state index contributed by atoms with van der Waals surface area (Å²) in [6.45, 7) is 6.40. The Morgan fingerprint density at radius 2 is 2.14 bits per heavy atom. The zero-order chi connectivity index (χ0) is 11.0. The number of carbonyl (C=O) groups excluding carboxylic acids is 1. The second kappa shape index (κ2) is 7.62. The highest BCUT2D eigenvalue weighted by Crippen LogP contribution is 2.05. The minimum absolute atomic E-state index is 0.0899. The summed E-state index contributed by atoms with van der Waals surface area (Å²) in [6.07, 6.45) is 1.20. The molecule has 0 aromatic carbocycles. The summed E-state index contributed by atoms with van der Waals surface area (Å²) >= 11 is 0. The maximum atomic E-state index is 11.1. The van der Waals surface area contributed by atoms with Crippen molar-refractivity contribution in [1.82, 2.24) is 5.32 Å². The van der Waals surface area contributed by atoms with Crippen LogP contribution in [0.3, 0.4) is 0 Å². The molecule has 0 saturated heterocycles. The van der Waals surface area contributed by atoms with E-state index in [0.29, 0.717) is 12.5 Å². The average molecular weight is 203 g/mol. The number of hydrogen-bond donors (Lipinski definition) is 2. The molecule has 0 fully saturated rings. The molecule has 0 radical (unpaired) electrons. The first-order valence-electron chi connectivity index (χ1n) is 5.15. The van der Waals surface area contributed by atoms with Crippen LogP contribution in [-0.2, 0) is 4.74 Å². The predicted molar refractivity (Wildman–Crippen MR) is 55.1 cm³/mol. The lowest BCUT2D eigenvalue weighted by Crippen LogP contribution is -2.31. The van der Waals surface area contributed by atoms with Crippen LogP contribution < -0.4 is 5.32 Å². The molecule has 14 heavy (non-hydrogen) atoms. The standard InChI is InChI=1S/C10H21NO3/c1-4-9(5-6-12)7-11-10(13)14-8(2)3/h8-9,12H,4-7H2,1-3H3,(H,11,13). The van der Waals surface area contributed by atoms with Gasteiger partial charge in [0.25, 0.3) is 0 Å². The lowest BCUT2D eigenvalue weighted by Gasteiger charge is -2.15. The molecule has 4 nitrogen and oxygen atoms in total. The Balaban J connectivity index is 3.62. The van der Waals surface area contributed by atoms with E-state index in [1.807, 2.05) is 20.8 Å². The van der Waals surface area contributed by atoms with Gasteiger partial charge in [-0.3, -0.25) is 0 Å². The van der Waals surface area contributed by atoms with E-state index in [-0.39, 0.29) is 18.8 Å². The fourth-order valence-corrected chi connectivity index (χ4v) is 1.12. The maximum Gasteiger partial charge on any atom is 0.407 e. The molecule has 1 atom stereocenters. The average Bonchev–Trinajstić information content (AvgIpc) is 2.11. The van der Waals surface area contributed by atoms with Crippen molar-refractivity contribution in [3.63, 3.8) is 0 Å². The Morgan fingerprint density at radius 1 is 1.50 bits per heavy atom. The van der Waals surface area contributed by atoms with E-state index >= 15 is 0 Å². The van der Waals surface area contributed by atoms with Crippen LogP contribution in [-0.4, -0.2) is 30.5 Å². The molecule has 0 aliphatic carbocycles. The van der Waals surface area contributed by atoms with E-state index in [1.54, 1.807) is 0 Å². The summed E-state index contributed by atoms with van der Waals surface area (Å²) in [5, 5.41) is 11.4. The summed E-state index contributed by atoms with van der Waals surface area (Å²) in [4.78, 5) is 11.1. The lowest BCUT2D eigenvalue weighted by molar-refractivity contribution is 0.113. The van der Waals surface area contributed by atoms with Crippen molar-refractivity contribution in [3.05, 3.63) is 0 Å². The Labute approximate surface area is 85.6 Å². The van der Waals surface area contributed by atoms with Gasteiger partial charge in [0.1, 0.15) is 0 Å². The van der Waals surface area contributed by atoms with Crippen molar-refractivity contribution in [2.75, 3.05) is 13.2 Å². The zero-order valence-electron chi connectivity index (χ0n) is 9.25. The van der Waals surface area contributed by atoms with E-state index in [2.05, 4.69) is 5.32 Å². The molecular formula is C10H21NO3. The molecule has 4 heteroatoms. The first-order valence-corrected chi connectivity index (χ1v) is 5.15. The lowest BCUT2D eigenvalue weighted by atomic mass is 10.0. The van der Waals surface area contributed by atoms with E-state index in [0.717, 1.165) is 12.8 Å². The van der Waals surface area contributed by atoms with Crippen molar-refractivity contribution in [2.24, 2.45) is 5.92 Å². The van der Waals surface area contributed by atoms with E-state index in [1.165, 1.54) is 0 Å². The van der Waals surface area contributed by atoms with Crippen LogP contribution in [0.4, 0.5) is 4.79 Å². The number of nitrogens with one attached hydrogen (secondary N) is 1. The SMILES string of the molecule is CCC(CCO)CNC(=O)OC(C)C. The number of hydrogen-bond acceptors (Lipinski definition) is 3. The molecule has 0 aliphatic heterocycles. The molecule has 0 aromatic heterocycles. The van der Waals surface area contributed by atoms with Gasteiger partial charge < -0.3 is 15.2 Å². The number of carbonyl (C=O) groups is 1. The van der Waals surface area contributed by atoms with Crippen LogP contribution in [0, 0.1) is 5.92 Å². The smallest absolute Gasteiger partial charge is 0.407 e. The summed E-state index contributed by atoms with van der Waals surface area (Å²) in [6, 6.07) is 0. The fraction of sp³-hybridized carbons (Fsp3) is 0.900. The molecule has 1 amide bonds. The summed E-state index contributed by atoms with van der Waals surface area (Å²) in [7, 11) is 0. The second-order valence-corrected chi connectivity index (χ2v) is 3.62. The first-order chi connectivity index (χ1) is 6.60. The summed E-state index contributed by atoms with van der Waals surface area (Å²) in [5.74, 6) is 0.333. The van der Waals surface area contributed by atoms with Gasteiger partial charge in [-0.25, -0.2) is 4.79 Å². The third-order valence-corrected chi connectivity index (χ3v) is 1.99. The van der Waals surface area contributed by atoms with Gasteiger partial charge in [-0.05, 0) is 26.2 Å². The number of aliphatic hydroxyl groups is 1. The van der Waals surface area contributed by atoms with Crippen LogP contribution in [0.5, 0.6) is 0 Å². The summed E-state index contributed by atoms with van der Waals surface area (Å²) in [5.41, 5.74) is 0. The van der Waals surface area contributed by atoms with E-state index < -0.39 is 0 Å². The summed E-state index contributed by atoms with van der Waals surface area (Å²) < 4.78 is 4.91. The highest BCUT2D eigenvalue weighted by atomic mass is 16.6. The number of ether oxygens (including phenoxy) is 1. The quantitative estimate of drug-likeness (QED) is 0.688. The van der Waals surface area contributed by atoms with Crippen molar-refractivity contribution in [2.45, 2.75) is 39.7 Å². The predicted octanol–water partition coefficient (Wildman–Crippen LogP) is 1.53. The minimum atomic E-state index is -0.378. The molecular weight excluding hydrogens is 182 g/mol. The maximum absolute atomic E-state index is 11.1. The van der Waals surface area contributed by atoms with Gasteiger partial charge in [0, 0.05) is 13.2 Å². The molecule has 0 aromatic rings. The monoisotopic (exact) mass is 203 g/mol. The molecule has 2 N–H and O–H groups in total. The van der Waals surface area contributed by atoms with Gasteiger partial charge in [-0.2, -0.15) is 0 Å². The van der Waals surface area contributed by atoms with Crippen LogP contribution in [0.15, 0.2) is 0 Å². The minimum Gasteiger partial charge on any atom is -0.447 e. The number of amides is 1. The van der Waals surface area contributed by atoms with Gasteiger partial charge in [0.15, 0.2) is 0 Å². The molecule has 0 rings (SSSR count). The van der Waals surface area contributed by atoms with Crippen LogP contribution in [0.1, 0.15) is 33.6 Å². The number of rotatable bonds is 6. The van der Waals surface area contributed by atoms with Crippen molar-refractivity contribution < 1.29 is 14.6 Å². The van der Waals surface area contributed by atoms with Crippen molar-refractivity contribution >= 4 is 6.09 Å². The van der Waals surface area contributed by atoms with Crippen LogP contribution >= 0.6 is 0 Å². The normalized spacial score (nSPS) is 12.6. The van der Waals surface area contributed by atoms with Crippen LogP contribution in [0.25, 0.3) is 0 Å². The van der Waals surface area contributed by atoms with Gasteiger partial charge in [0.2, 0.25) is 0 Å². The van der Waals surface area contributed by atoms with E-state index in [4.69, 9.17) is 9.84 Å². The van der Waals surface area contributed by atoms with Crippen molar-refractivity contribution in [3.8, 4) is 0 Å². The second-order valence-electron chi connectivity index (χ2n) is 3.62. The zero-order valence-corrected chi connectivity index (χ0v) is 9.25. The molecule has 0 heterocycles. The molecule has 0 bridgehead atoms. The third-order valence-electron chi connectivity index (χ3n) is 1.99. The fourth-order valence-electron chi connectivity index (χ4n) is 1.12. The number of aliphatic hydroxyl groups excluding tert-OH is 1. The first kappa shape index (κ1) is 13.2. The van der Waals surface area contributed by atoms with Gasteiger partial charge in [-0.15, -0.1) is 0 Å². The van der Waals surface area contributed by atoms with E-state index in [9.17, 15) is 4.79 Å². The number of alkyl carbamates (subject to hydrolysis) is 1. The van der Waals surface area contributed by atoms with Gasteiger partial charge >= 0.3 is 6.09 Å². The largest absolute Gasteiger partial charge is 0.447 e. The molecule has 0 saturated carbocycles. The topological polar surface area (TPSA) is 58.6 Å². The highest BCUT2D eigenvalue weighted by molar-refractivity contribution is 5.67. The molecule has 0 aliphatic rings. The van der Waals surface area contributed by atoms with Crippen LogP contribution in [0.2, 0.25) is 0 Å². The Bertz CT molecular complexity index is 159. The Kier molecular flexibility index (Phi) is 7.20. The third kappa shape index (κ3) is 6.71. The van der Waals surface area contributed by atoms with Gasteiger partial charge in [0.05, 0.1) is 6.10 Å². The molecule has 1 unspecified atom stereocenters. The Morgan fingerprint density at radius 3 is 2.57 bits per heavy atom. The van der Waals surface area contributed by atoms with Crippen molar-refractivity contribution in [1.29, 1.82) is 0 Å². The molecule has 0 spiro atoms. The Hall–Kier alpha value is -0.770. The molecule has 84 valence electrons. The van der Waals surface area contributed by atoms with Gasteiger partial charge in [-0.1, -0.05) is 13.3 Å².